The fourth-order valence-corrected chi connectivity index (χ4v) is 2.27. The minimum atomic E-state index is -0.478. The molecule has 0 saturated heterocycles. The second kappa shape index (κ2) is 15.3. The Morgan fingerprint density at radius 2 is 1.62 bits per heavy atom. The third kappa shape index (κ3) is 14.1. The van der Waals surface area contributed by atoms with Crippen molar-refractivity contribution in [3.63, 3.8) is 0 Å². The van der Waals surface area contributed by atoms with E-state index in [1.807, 2.05) is 34.6 Å². The van der Waals surface area contributed by atoms with Gasteiger partial charge in [0.2, 0.25) is 0 Å². The topological polar surface area (TPSA) is 84.0 Å². The van der Waals surface area contributed by atoms with Gasteiger partial charge in [0.25, 0.3) is 0 Å². The number of hydrogen-bond acceptors (Lipinski definition) is 4. The van der Waals surface area contributed by atoms with Gasteiger partial charge in [-0.3, -0.25) is 0 Å². The fraction of sp³-hybridized carbons (Fsp3) is 0.619. The van der Waals surface area contributed by atoms with Gasteiger partial charge in [-0.05, 0) is 52.2 Å². The maximum atomic E-state index is 11.6. The quantitative estimate of drug-likeness (QED) is 0.189. The van der Waals surface area contributed by atoms with Crippen LogP contribution in [0.3, 0.4) is 0 Å². The third-order valence-corrected chi connectivity index (χ3v) is 3.57. The summed E-state index contributed by atoms with van der Waals surface area (Å²) in [5.41, 5.74) is 1.83. The highest BCUT2D eigenvalue weighted by atomic mass is 127. The molecule has 0 atom stereocenters. The van der Waals surface area contributed by atoms with Crippen LogP contribution in [0.5, 0.6) is 0 Å². The molecule has 0 aliphatic carbocycles. The lowest BCUT2D eigenvalue weighted by Gasteiger charge is -2.19. The molecule has 0 bridgehead atoms. The molecule has 0 saturated carbocycles. The van der Waals surface area contributed by atoms with Gasteiger partial charge in [0.05, 0.1) is 13.2 Å². The van der Waals surface area contributed by atoms with Crippen LogP contribution in [-0.2, 0) is 22.6 Å². The number of nitrogens with one attached hydrogen (secondary N) is 3. The Morgan fingerprint density at radius 3 is 2.21 bits per heavy atom. The summed E-state index contributed by atoms with van der Waals surface area (Å²) in [5, 5.41) is 9.26. The summed E-state index contributed by atoms with van der Waals surface area (Å²) < 4.78 is 10.6. The number of rotatable bonds is 10. The lowest BCUT2D eigenvalue weighted by atomic mass is 10.1. The number of alkyl carbamates (subject to hydrolysis) is 1. The standard InChI is InChI=1S/C21H36N4O3.HI/c1-6-22-19(23-13-8-14-24-20(26)28-21(3,4)5)25-15-17-9-11-18(12-10-17)16-27-7-2;/h9-12H,6-8,13-16H2,1-5H3,(H,24,26)(H2,22,23,25);1H. The molecule has 0 heterocycles. The van der Waals surface area contributed by atoms with E-state index in [4.69, 9.17) is 9.47 Å². The molecule has 0 aliphatic heterocycles. The van der Waals surface area contributed by atoms with Crippen LogP contribution in [0.4, 0.5) is 4.79 Å². The average Bonchev–Trinajstić information content (AvgIpc) is 2.63. The molecule has 0 spiro atoms. The van der Waals surface area contributed by atoms with Gasteiger partial charge in [-0.2, -0.15) is 0 Å². The largest absolute Gasteiger partial charge is 0.444 e. The van der Waals surface area contributed by atoms with Gasteiger partial charge >= 0.3 is 6.09 Å². The zero-order valence-corrected chi connectivity index (χ0v) is 20.7. The minimum Gasteiger partial charge on any atom is -0.444 e. The van der Waals surface area contributed by atoms with Gasteiger partial charge in [0, 0.05) is 26.2 Å². The molecule has 0 fully saturated rings. The van der Waals surface area contributed by atoms with Crippen LogP contribution >= 0.6 is 24.0 Å². The summed E-state index contributed by atoms with van der Waals surface area (Å²) in [4.78, 5) is 16.2. The van der Waals surface area contributed by atoms with Gasteiger partial charge in [-0.1, -0.05) is 24.3 Å². The lowest BCUT2D eigenvalue weighted by Crippen LogP contribution is -2.39. The van der Waals surface area contributed by atoms with Crippen molar-refractivity contribution in [1.29, 1.82) is 0 Å². The van der Waals surface area contributed by atoms with Crippen molar-refractivity contribution >= 4 is 36.0 Å². The molecule has 29 heavy (non-hydrogen) atoms. The van der Waals surface area contributed by atoms with Crippen molar-refractivity contribution in [2.45, 2.75) is 59.8 Å². The zero-order valence-electron chi connectivity index (χ0n) is 18.3. The summed E-state index contributed by atoms with van der Waals surface area (Å²) >= 11 is 0. The van der Waals surface area contributed by atoms with E-state index in [1.165, 1.54) is 0 Å². The first kappa shape index (κ1) is 27.5. The van der Waals surface area contributed by atoms with E-state index in [1.54, 1.807) is 0 Å². The summed E-state index contributed by atoms with van der Waals surface area (Å²) in [6, 6.07) is 8.30. The Kier molecular flexibility index (Phi) is 14.5. The third-order valence-electron chi connectivity index (χ3n) is 3.57. The molecule has 1 amide bonds. The van der Waals surface area contributed by atoms with E-state index in [9.17, 15) is 4.79 Å². The molecule has 1 aromatic carbocycles. The predicted octanol–water partition coefficient (Wildman–Crippen LogP) is 3.81. The van der Waals surface area contributed by atoms with Gasteiger partial charge < -0.3 is 25.4 Å². The van der Waals surface area contributed by atoms with E-state index < -0.39 is 5.60 Å². The van der Waals surface area contributed by atoms with Crippen LogP contribution in [0, 0.1) is 0 Å². The van der Waals surface area contributed by atoms with Crippen molar-refractivity contribution in [1.82, 2.24) is 16.0 Å². The molecule has 1 aromatic rings. The Hall–Kier alpha value is -1.55. The highest BCUT2D eigenvalue weighted by Gasteiger charge is 2.15. The molecule has 7 nitrogen and oxygen atoms in total. The lowest BCUT2D eigenvalue weighted by molar-refractivity contribution is 0.0527. The van der Waals surface area contributed by atoms with E-state index in [0.29, 0.717) is 26.2 Å². The second-order valence-corrected chi connectivity index (χ2v) is 7.36. The molecule has 0 aromatic heterocycles. The molecule has 0 radical (unpaired) electrons. The number of guanidine groups is 1. The number of hydrogen-bond donors (Lipinski definition) is 3. The number of nitrogens with zero attached hydrogens (tertiary/aromatic N) is 1. The van der Waals surface area contributed by atoms with Crippen LogP contribution in [-0.4, -0.2) is 43.9 Å². The van der Waals surface area contributed by atoms with Crippen LogP contribution in [0.15, 0.2) is 29.3 Å². The Balaban J connectivity index is 0.00000784. The van der Waals surface area contributed by atoms with Crippen molar-refractivity contribution in [3.8, 4) is 0 Å². The van der Waals surface area contributed by atoms with Gasteiger partial charge in [-0.25, -0.2) is 9.79 Å². The summed E-state index contributed by atoms with van der Waals surface area (Å²) in [6.07, 6.45) is 0.385. The van der Waals surface area contributed by atoms with E-state index in [2.05, 4.69) is 45.2 Å². The normalized spacial score (nSPS) is 11.4. The predicted molar refractivity (Wildman–Crippen MR) is 129 cm³/mol. The average molecular weight is 520 g/mol. The summed E-state index contributed by atoms with van der Waals surface area (Å²) in [5.74, 6) is 0.762. The molecular formula is C21H37IN4O3. The van der Waals surface area contributed by atoms with Crippen LogP contribution < -0.4 is 16.0 Å². The Labute approximate surface area is 192 Å². The highest BCUT2D eigenvalue weighted by molar-refractivity contribution is 14.0. The number of amides is 1. The molecular weight excluding hydrogens is 483 g/mol. The van der Waals surface area contributed by atoms with Crippen LogP contribution in [0.25, 0.3) is 0 Å². The summed E-state index contributed by atoms with van der Waals surface area (Å²) in [6.45, 7) is 13.6. The maximum absolute atomic E-state index is 11.6. The van der Waals surface area contributed by atoms with E-state index >= 15 is 0 Å². The second-order valence-electron chi connectivity index (χ2n) is 7.36. The van der Waals surface area contributed by atoms with Crippen LogP contribution in [0.2, 0.25) is 0 Å². The van der Waals surface area contributed by atoms with Crippen molar-refractivity contribution in [2.75, 3.05) is 26.2 Å². The van der Waals surface area contributed by atoms with Crippen molar-refractivity contribution in [3.05, 3.63) is 35.4 Å². The minimum absolute atomic E-state index is 0. The first-order valence-electron chi connectivity index (χ1n) is 9.98. The molecule has 1 rings (SSSR count). The number of halogens is 1. The van der Waals surface area contributed by atoms with E-state index in [0.717, 1.165) is 36.7 Å². The van der Waals surface area contributed by atoms with Crippen molar-refractivity contribution in [2.24, 2.45) is 4.99 Å². The smallest absolute Gasteiger partial charge is 0.407 e. The maximum Gasteiger partial charge on any atom is 0.407 e. The number of ether oxygens (including phenoxy) is 2. The molecule has 166 valence electrons. The highest BCUT2D eigenvalue weighted by Crippen LogP contribution is 2.07. The zero-order chi connectivity index (χ0) is 20.8. The molecule has 0 aliphatic rings. The number of carbonyl (C=O) groups excluding carboxylic acids is 1. The van der Waals surface area contributed by atoms with Gasteiger partial charge in [0.1, 0.15) is 5.60 Å². The number of benzene rings is 1. The molecule has 0 unspecified atom stereocenters. The number of aliphatic imine (C=N–C) groups is 1. The monoisotopic (exact) mass is 520 g/mol. The molecule has 3 N–H and O–H groups in total. The number of carbonyl (C=O) groups is 1. The summed E-state index contributed by atoms with van der Waals surface area (Å²) in [7, 11) is 0. The SMILES string of the molecule is CCNC(=NCc1ccc(COCC)cc1)NCCCNC(=O)OC(C)(C)C.I. The molecule has 8 heteroatoms. The Bertz CT molecular complexity index is 601. The fourth-order valence-electron chi connectivity index (χ4n) is 2.27. The van der Waals surface area contributed by atoms with Crippen LogP contribution in [0.1, 0.15) is 52.2 Å². The van der Waals surface area contributed by atoms with E-state index in [-0.39, 0.29) is 30.1 Å². The van der Waals surface area contributed by atoms with Crippen molar-refractivity contribution < 1.29 is 14.3 Å². The Morgan fingerprint density at radius 1 is 1.00 bits per heavy atom. The first-order chi connectivity index (χ1) is 13.3. The first-order valence-corrected chi connectivity index (χ1v) is 9.98. The van der Waals surface area contributed by atoms with Gasteiger partial charge in [-0.15, -0.1) is 24.0 Å². The van der Waals surface area contributed by atoms with Gasteiger partial charge in [0.15, 0.2) is 5.96 Å².